The summed E-state index contributed by atoms with van der Waals surface area (Å²) in [4.78, 5) is 19.8. The molecule has 0 atom stereocenters. The third kappa shape index (κ3) is 3.25. The van der Waals surface area contributed by atoms with Crippen LogP contribution in [-0.2, 0) is 6.54 Å². The minimum absolute atomic E-state index is 0.175. The van der Waals surface area contributed by atoms with Crippen molar-refractivity contribution in [3.8, 4) is 17.0 Å². The van der Waals surface area contributed by atoms with Gasteiger partial charge in [0, 0.05) is 10.6 Å². The van der Waals surface area contributed by atoms with Crippen molar-refractivity contribution in [2.75, 3.05) is 0 Å². The minimum atomic E-state index is -0.291. The Morgan fingerprint density at radius 3 is 2.77 bits per heavy atom. The molecule has 4 N–H and O–H groups in total. The van der Waals surface area contributed by atoms with Crippen molar-refractivity contribution in [3.05, 3.63) is 65.1 Å². The number of hydrogen-bond acceptors (Lipinski definition) is 4. The first kappa shape index (κ1) is 16.2. The van der Waals surface area contributed by atoms with E-state index in [0.29, 0.717) is 22.2 Å². The standard InChI is InChI=1S/C18H14ClN5O2/c19-11-3-6-13-15(7-11)22-17(21-13)9-20-18(26)16-8-14(23-24-16)10-1-4-12(25)5-2-10/h1-8,25H,9H2,(H,20,26)(H,21,22)(H,23,24). The van der Waals surface area contributed by atoms with Gasteiger partial charge in [0.05, 0.1) is 23.3 Å². The van der Waals surface area contributed by atoms with Gasteiger partial charge in [-0.2, -0.15) is 5.10 Å². The zero-order chi connectivity index (χ0) is 18.1. The topological polar surface area (TPSA) is 107 Å². The summed E-state index contributed by atoms with van der Waals surface area (Å²) in [5.41, 5.74) is 3.36. The van der Waals surface area contributed by atoms with Crippen LogP contribution in [0.1, 0.15) is 16.3 Å². The molecule has 0 aliphatic heterocycles. The van der Waals surface area contributed by atoms with E-state index in [1.807, 2.05) is 6.07 Å². The molecule has 2 aromatic heterocycles. The number of carbonyl (C=O) groups is 1. The Kier molecular flexibility index (Phi) is 4.06. The second-order valence-corrected chi connectivity index (χ2v) is 6.18. The van der Waals surface area contributed by atoms with E-state index in [2.05, 4.69) is 25.5 Å². The number of nitrogens with zero attached hydrogens (tertiary/aromatic N) is 2. The first-order valence-electron chi connectivity index (χ1n) is 7.85. The Bertz CT molecular complexity index is 1080. The number of amides is 1. The summed E-state index contributed by atoms with van der Waals surface area (Å²) in [6, 6.07) is 13.6. The number of fused-ring (bicyclic) bond motifs is 1. The normalized spacial score (nSPS) is 11.0. The Hall–Kier alpha value is -3.32. The minimum Gasteiger partial charge on any atom is -0.508 e. The number of aromatic hydroxyl groups is 1. The number of halogens is 1. The van der Waals surface area contributed by atoms with Crippen molar-refractivity contribution in [1.29, 1.82) is 0 Å². The highest BCUT2D eigenvalue weighted by Gasteiger charge is 2.12. The molecule has 2 heterocycles. The number of imidazole rings is 1. The Balaban J connectivity index is 1.45. The summed E-state index contributed by atoms with van der Waals surface area (Å²) in [5, 5.41) is 19.6. The number of aromatic nitrogens is 4. The van der Waals surface area contributed by atoms with Gasteiger partial charge >= 0.3 is 0 Å². The number of phenols is 1. The largest absolute Gasteiger partial charge is 0.508 e. The number of H-pyrrole nitrogens is 2. The highest BCUT2D eigenvalue weighted by atomic mass is 35.5. The number of benzene rings is 2. The lowest BCUT2D eigenvalue weighted by atomic mass is 10.1. The fourth-order valence-electron chi connectivity index (χ4n) is 2.60. The van der Waals surface area contributed by atoms with Crippen molar-refractivity contribution >= 4 is 28.5 Å². The van der Waals surface area contributed by atoms with Crippen LogP contribution < -0.4 is 5.32 Å². The Morgan fingerprint density at radius 1 is 1.15 bits per heavy atom. The van der Waals surface area contributed by atoms with Gasteiger partial charge in [-0.15, -0.1) is 0 Å². The monoisotopic (exact) mass is 367 g/mol. The predicted molar refractivity (Wildman–Crippen MR) is 98.0 cm³/mol. The maximum Gasteiger partial charge on any atom is 0.269 e. The summed E-state index contributed by atoms with van der Waals surface area (Å²) in [6.45, 7) is 0.249. The van der Waals surface area contributed by atoms with Gasteiger partial charge in [0.2, 0.25) is 0 Å². The summed E-state index contributed by atoms with van der Waals surface area (Å²) < 4.78 is 0. The quantitative estimate of drug-likeness (QED) is 0.444. The molecule has 4 rings (SSSR count). The van der Waals surface area contributed by atoms with Gasteiger partial charge < -0.3 is 15.4 Å². The van der Waals surface area contributed by atoms with Crippen LogP contribution in [0.3, 0.4) is 0 Å². The number of aromatic amines is 2. The highest BCUT2D eigenvalue weighted by molar-refractivity contribution is 6.31. The Morgan fingerprint density at radius 2 is 1.96 bits per heavy atom. The molecule has 0 aliphatic carbocycles. The summed E-state index contributed by atoms with van der Waals surface area (Å²) in [5.74, 6) is 0.518. The molecular formula is C18H14ClN5O2. The summed E-state index contributed by atoms with van der Waals surface area (Å²) >= 11 is 5.95. The van der Waals surface area contributed by atoms with Crippen LogP contribution in [0.15, 0.2) is 48.5 Å². The van der Waals surface area contributed by atoms with E-state index < -0.39 is 0 Å². The van der Waals surface area contributed by atoms with Gasteiger partial charge in [-0.25, -0.2) is 4.98 Å². The van der Waals surface area contributed by atoms with Crippen LogP contribution >= 0.6 is 11.6 Å². The molecule has 0 fully saturated rings. The maximum absolute atomic E-state index is 12.3. The SMILES string of the molecule is O=C(NCc1nc2ccc(Cl)cc2[nH]1)c1cc(-c2ccc(O)cc2)n[nH]1. The van der Waals surface area contributed by atoms with Crippen molar-refractivity contribution in [2.45, 2.75) is 6.54 Å². The third-order valence-corrected chi connectivity index (χ3v) is 4.13. The number of rotatable bonds is 4. The van der Waals surface area contributed by atoms with Crippen molar-refractivity contribution in [2.24, 2.45) is 0 Å². The lowest BCUT2D eigenvalue weighted by Gasteiger charge is -2.00. The van der Waals surface area contributed by atoms with Crippen LogP contribution in [-0.4, -0.2) is 31.2 Å². The van der Waals surface area contributed by atoms with E-state index in [0.717, 1.165) is 16.6 Å². The molecule has 0 saturated carbocycles. The second kappa shape index (κ2) is 6.53. The van der Waals surface area contributed by atoms with Crippen LogP contribution in [0, 0.1) is 0 Å². The first-order chi connectivity index (χ1) is 12.6. The average molecular weight is 368 g/mol. The molecule has 0 spiro atoms. The van der Waals surface area contributed by atoms with Crippen molar-refractivity contribution < 1.29 is 9.90 Å². The van der Waals surface area contributed by atoms with E-state index in [9.17, 15) is 9.90 Å². The molecule has 2 aromatic carbocycles. The molecule has 26 heavy (non-hydrogen) atoms. The number of phenolic OH excluding ortho intramolecular Hbond substituents is 1. The van der Waals surface area contributed by atoms with Crippen molar-refractivity contribution in [1.82, 2.24) is 25.5 Å². The smallest absolute Gasteiger partial charge is 0.269 e. The lowest BCUT2D eigenvalue weighted by molar-refractivity contribution is 0.0945. The predicted octanol–water partition coefficient (Wildman–Crippen LogP) is 3.24. The number of nitrogens with one attached hydrogen (secondary N) is 3. The lowest BCUT2D eigenvalue weighted by Crippen LogP contribution is -2.23. The number of hydrogen-bond donors (Lipinski definition) is 4. The third-order valence-electron chi connectivity index (χ3n) is 3.89. The molecule has 0 saturated heterocycles. The van der Waals surface area contributed by atoms with E-state index in [1.165, 1.54) is 0 Å². The van der Waals surface area contributed by atoms with E-state index >= 15 is 0 Å². The molecule has 7 nitrogen and oxygen atoms in total. The van der Waals surface area contributed by atoms with Gasteiger partial charge in [-0.1, -0.05) is 11.6 Å². The van der Waals surface area contributed by atoms with Crippen LogP contribution in [0.5, 0.6) is 5.75 Å². The molecule has 0 bridgehead atoms. The molecule has 0 unspecified atom stereocenters. The van der Waals surface area contributed by atoms with Crippen LogP contribution in [0.25, 0.3) is 22.3 Å². The van der Waals surface area contributed by atoms with E-state index in [-0.39, 0.29) is 18.2 Å². The van der Waals surface area contributed by atoms with Crippen molar-refractivity contribution in [3.63, 3.8) is 0 Å². The maximum atomic E-state index is 12.3. The van der Waals surface area contributed by atoms with Crippen LogP contribution in [0.4, 0.5) is 0 Å². The average Bonchev–Trinajstić information content (AvgIpc) is 3.27. The van der Waals surface area contributed by atoms with E-state index in [4.69, 9.17) is 11.6 Å². The fourth-order valence-corrected chi connectivity index (χ4v) is 2.77. The molecule has 8 heteroatoms. The molecule has 0 radical (unpaired) electrons. The summed E-state index contributed by atoms with van der Waals surface area (Å²) in [6.07, 6.45) is 0. The zero-order valence-corrected chi connectivity index (χ0v) is 14.2. The van der Waals surface area contributed by atoms with Gasteiger partial charge in [-0.3, -0.25) is 9.89 Å². The zero-order valence-electron chi connectivity index (χ0n) is 13.5. The van der Waals surface area contributed by atoms with Gasteiger partial charge in [-0.05, 0) is 48.5 Å². The molecule has 130 valence electrons. The number of carbonyl (C=O) groups excluding carboxylic acids is 1. The first-order valence-corrected chi connectivity index (χ1v) is 8.23. The van der Waals surface area contributed by atoms with Gasteiger partial charge in [0.25, 0.3) is 5.91 Å². The Labute approximate surface area is 153 Å². The van der Waals surface area contributed by atoms with Gasteiger partial charge in [0.15, 0.2) is 0 Å². The fraction of sp³-hybridized carbons (Fsp3) is 0.0556. The van der Waals surface area contributed by atoms with Crippen LogP contribution in [0.2, 0.25) is 5.02 Å². The van der Waals surface area contributed by atoms with E-state index in [1.54, 1.807) is 42.5 Å². The molecule has 4 aromatic rings. The van der Waals surface area contributed by atoms with Gasteiger partial charge in [0.1, 0.15) is 17.3 Å². The molecule has 1 amide bonds. The second-order valence-electron chi connectivity index (χ2n) is 5.74. The molecule has 0 aliphatic rings. The highest BCUT2D eigenvalue weighted by Crippen LogP contribution is 2.20. The molecular weight excluding hydrogens is 354 g/mol. The summed E-state index contributed by atoms with van der Waals surface area (Å²) in [7, 11) is 0.